The van der Waals surface area contributed by atoms with Gasteiger partial charge in [0.15, 0.2) is 0 Å². The van der Waals surface area contributed by atoms with E-state index in [1.54, 1.807) is 7.11 Å². The predicted octanol–water partition coefficient (Wildman–Crippen LogP) is 4.19. The van der Waals surface area contributed by atoms with E-state index in [1.807, 2.05) is 24.3 Å². The van der Waals surface area contributed by atoms with E-state index < -0.39 is 28.0 Å². The van der Waals surface area contributed by atoms with Crippen LogP contribution in [-0.2, 0) is 20.9 Å². The average molecular weight is 408 g/mol. The van der Waals surface area contributed by atoms with Gasteiger partial charge in [-0.25, -0.2) is 8.78 Å². The van der Waals surface area contributed by atoms with Crippen LogP contribution in [0.2, 0.25) is 0 Å². The van der Waals surface area contributed by atoms with Crippen LogP contribution >= 0.6 is 11.8 Å². The van der Waals surface area contributed by atoms with E-state index in [0.717, 1.165) is 23.4 Å². The Morgan fingerprint density at radius 1 is 1.21 bits per heavy atom. The van der Waals surface area contributed by atoms with Gasteiger partial charge >= 0.3 is 5.97 Å². The number of aliphatic hydroxyl groups is 1. The minimum absolute atomic E-state index is 0.0603. The van der Waals surface area contributed by atoms with Crippen molar-refractivity contribution in [1.29, 1.82) is 0 Å². The van der Waals surface area contributed by atoms with Gasteiger partial charge in [-0.1, -0.05) is 18.2 Å². The standard InChI is InChI=1S/C21H22F2O4S/c1-14(24)27-13-21(25,18-8-5-16(22)11-19(18)23)20(9-10-20)28-12-15-3-6-17(26-2)7-4-15/h3-8,11,25H,9-10,12-13H2,1-2H3/t21-/m0/s1. The summed E-state index contributed by atoms with van der Waals surface area (Å²) in [5, 5.41) is 11.5. The number of benzene rings is 2. The molecular formula is C21H22F2O4S. The van der Waals surface area contributed by atoms with Crippen molar-refractivity contribution in [3.05, 3.63) is 65.2 Å². The summed E-state index contributed by atoms with van der Waals surface area (Å²) in [4.78, 5) is 11.3. The van der Waals surface area contributed by atoms with E-state index >= 15 is 0 Å². The normalized spacial score (nSPS) is 16.9. The molecule has 7 heteroatoms. The van der Waals surface area contributed by atoms with E-state index in [4.69, 9.17) is 9.47 Å². The molecule has 2 aromatic carbocycles. The van der Waals surface area contributed by atoms with Gasteiger partial charge in [-0.15, -0.1) is 11.8 Å². The molecule has 4 nitrogen and oxygen atoms in total. The second kappa shape index (κ2) is 8.09. The van der Waals surface area contributed by atoms with Crippen LogP contribution in [-0.4, -0.2) is 29.5 Å². The quantitative estimate of drug-likeness (QED) is 0.664. The molecule has 0 saturated heterocycles. The maximum atomic E-state index is 14.5. The van der Waals surface area contributed by atoms with Gasteiger partial charge < -0.3 is 14.6 Å². The van der Waals surface area contributed by atoms with Gasteiger partial charge in [0.05, 0.1) is 11.9 Å². The van der Waals surface area contributed by atoms with Crippen molar-refractivity contribution in [2.24, 2.45) is 0 Å². The molecule has 28 heavy (non-hydrogen) atoms. The highest BCUT2D eigenvalue weighted by Crippen LogP contribution is 2.60. The average Bonchev–Trinajstić information content (AvgIpc) is 3.46. The van der Waals surface area contributed by atoms with Crippen molar-refractivity contribution in [2.45, 2.75) is 35.9 Å². The first-order chi connectivity index (χ1) is 13.3. The number of carbonyl (C=O) groups is 1. The summed E-state index contributed by atoms with van der Waals surface area (Å²) in [6.07, 6.45) is 1.25. The molecule has 1 N–H and O–H groups in total. The van der Waals surface area contributed by atoms with Gasteiger partial charge in [0.1, 0.15) is 29.6 Å². The number of carbonyl (C=O) groups excluding carboxylic acids is 1. The van der Waals surface area contributed by atoms with Crippen molar-refractivity contribution < 1.29 is 28.2 Å². The zero-order chi connectivity index (χ0) is 20.4. The molecule has 1 fully saturated rings. The molecule has 1 atom stereocenters. The molecule has 0 aliphatic heterocycles. The Kier molecular flexibility index (Phi) is 5.95. The van der Waals surface area contributed by atoms with Crippen LogP contribution < -0.4 is 4.74 Å². The largest absolute Gasteiger partial charge is 0.497 e. The summed E-state index contributed by atoms with van der Waals surface area (Å²) in [6, 6.07) is 10.6. The van der Waals surface area contributed by atoms with Crippen LogP contribution in [0.5, 0.6) is 5.75 Å². The Hall–Kier alpha value is -2.12. The summed E-state index contributed by atoms with van der Waals surface area (Å²) in [5.41, 5.74) is -0.797. The second-order valence-corrected chi connectivity index (χ2v) is 8.25. The fourth-order valence-corrected chi connectivity index (χ4v) is 4.65. The third-order valence-electron chi connectivity index (χ3n) is 4.99. The van der Waals surface area contributed by atoms with Gasteiger partial charge in [0, 0.05) is 24.3 Å². The fourth-order valence-electron chi connectivity index (χ4n) is 3.22. The van der Waals surface area contributed by atoms with Crippen LogP contribution in [0.3, 0.4) is 0 Å². The lowest BCUT2D eigenvalue weighted by molar-refractivity contribution is -0.150. The molecule has 0 bridgehead atoms. The van der Waals surface area contributed by atoms with Crippen molar-refractivity contribution in [1.82, 2.24) is 0 Å². The van der Waals surface area contributed by atoms with E-state index in [2.05, 4.69) is 0 Å². The molecule has 0 spiro atoms. The van der Waals surface area contributed by atoms with E-state index in [0.29, 0.717) is 18.6 Å². The number of esters is 1. The number of methoxy groups -OCH3 is 1. The first kappa shape index (κ1) is 20.6. The van der Waals surface area contributed by atoms with Gasteiger partial charge in [0.2, 0.25) is 0 Å². The van der Waals surface area contributed by atoms with Crippen molar-refractivity contribution in [3.8, 4) is 5.75 Å². The topological polar surface area (TPSA) is 55.8 Å². The smallest absolute Gasteiger partial charge is 0.302 e. The number of halogens is 2. The Bertz CT molecular complexity index is 852. The molecule has 1 aliphatic carbocycles. The molecule has 1 aliphatic rings. The summed E-state index contributed by atoms with van der Waals surface area (Å²) >= 11 is 1.48. The Labute approximate surface area is 166 Å². The second-order valence-electron chi connectivity index (χ2n) is 6.90. The number of rotatable bonds is 8. The lowest BCUT2D eigenvalue weighted by Gasteiger charge is -2.36. The van der Waals surface area contributed by atoms with Crippen LogP contribution in [0.4, 0.5) is 8.78 Å². The van der Waals surface area contributed by atoms with Gasteiger partial charge in [0.25, 0.3) is 0 Å². The third kappa shape index (κ3) is 4.15. The fraction of sp³-hybridized carbons (Fsp3) is 0.381. The Balaban J connectivity index is 1.86. The molecule has 2 aromatic rings. The van der Waals surface area contributed by atoms with Crippen LogP contribution in [0, 0.1) is 11.6 Å². The zero-order valence-corrected chi connectivity index (χ0v) is 16.5. The van der Waals surface area contributed by atoms with Crippen molar-refractivity contribution >= 4 is 17.7 Å². The first-order valence-electron chi connectivity index (χ1n) is 8.88. The van der Waals surface area contributed by atoms with Gasteiger partial charge in [-0.2, -0.15) is 0 Å². The molecule has 1 saturated carbocycles. The number of thioether (sulfide) groups is 1. The minimum atomic E-state index is -1.76. The number of ether oxygens (including phenoxy) is 2. The molecule has 150 valence electrons. The molecule has 0 radical (unpaired) electrons. The summed E-state index contributed by atoms with van der Waals surface area (Å²) in [6.45, 7) is 0.839. The number of hydrogen-bond acceptors (Lipinski definition) is 5. The van der Waals surface area contributed by atoms with Crippen molar-refractivity contribution in [2.75, 3.05) is 13.7 Å². The monoisotopic (exact) mass is 408 g/mol. The first-order valence-corrected chi connectivity index (χ1v) is 9.86. The van der Waals surface area contributed by atoms with E-state index in [9.17, 15) is 18.7 Å². The molecule has 0 unspecified atom stereocenters. The SMILES string of the molecule is COc1ccc(CSC2([C@](O)(COC(C)=O)c3ccc(F)cc3F)CC2)cc1. The predicted molar refractivity (Wildman–Crippen MR) is 103 cm³/mol. The third-order valence-corrected chi connectivity index (χ3v) is 6.77. The molecule has 0 heterocycles. The van der Waals surface area contributed by atoms with E-state index in [-0.39, 0.29) is 12.2 Å². The Morgan fingerprint density at radius 3 is 2.43 bits per heavy atom. The van der Waals surface area contributed by atoms with Crippen molar-refractivity contribution in [3.63, 3.8) is 0 Å². The van der Waals surface area contributed by atoms with Crippen LogP contribution in [0.25, 0.3) is 0 Å². The van der Waals surface area contributed by atoms with Crippen LogP contribution in [0.1, 0.15) is 30.9 Å². The highest BCUT2D eigenvalue weighted by atomic mass is 32.2. The maximum Gasteiger partial charge on any atom is 0.302 e. The summed E-state index contributed by atoms with van der Waals surface area (Å²) in [7, 11) is 1.59. The minimum Gasteiger partial charge on any atom is -0.497 e. The molecule has 3 rings (SSSR count). The summed E-state index contributed by atoms with van der Waals surface area (Å²) in [5.74, 6) is -0.834. The molecule has 0 aromatic heterocycles. The summed E-state index contributed by atoms with van der Waals surface area (Å²) < 4.78 is 37.4. The van der Waals surface area contributed by atoms with Crippen LogP contribution in [0.15, 0.2) is 42.5 Å². The lowest BCUT2D eigenvalue weighted by Crippen LogP contribution is -2.45. The molecular weight excluding hydrogens is 386 g/mol. The highest BCUT2D eigenvalue weighted by Gasteiger charge is 2.61. The number of hydrogen-bond donors (Lipinski definition) is 1. The lowest BCUT2D eigenvalue weighted by atomic mass is 9.88. The maximum absolute atomic E-state index is 14.5. The highest BCUT2D eigenvalue weighted by molar-refractivity contribution is 8.00. The Morgan fingerprint density at radius 2 is 1.89 bits per heavy atom. The van der Waals surface area contributed by atoms with Gasteiger partial charge in [-0.3, -0.25) is 4.79 Å². The van der Waals surface area contributed by atoms with Gasteiger partial charge in [-0.05, 0) is 36.6 Å². The molecule has 0 amide bonds. The zero-order valence-electron chi connectivity index (χ0n) is 15.7. The van der Waals surface area contributed by atoms with E-state index in [1.165, 1.54) is 24.8 Å².